The van der Waals surface area contributed by atoms with Crippen molar-refractivity contribution in [1.29, 1.82) is 0 Å². The molecule has 1 aliphatic heterocycles. The summed E-state index contributed by atoms with van der Waals surface area (Å²) in [5.41, 5.74) is -0.971. The van der Waals surface area contributed by atoms with Crippen LogP contribution >= 0.6 is 0 Å². The van der Waals surface area contributed by atoms with Gasteiger partial charge >= 0.3 is 11.9 Å². The molecule has 1 aliphatic rings. The molecular formula is C9H11FO4. The zero-order valence-corrected chi connectivity index (χ0v) is 7.84. The maximum Gasteiger partial charge on any atom is 0.367 e. The Balaban J connectivity index is 2.61. The van der Waals surface area contributed by atoms with Crippen molar-refractivity contribution >= 4 is 11.9 Å². The third-order valence-electron chi connectivity index (χ3n) is 1.97. The fourth-order valence-electron chi connectivity index (χ4n) is 1.19. The van der Waals surface area contributed by atoms with Gasteiger partial charge in [-0.25, -0.2) is 4.79 Å². The SMILES string of the molecule is C=C(F)C(=O)OC1(C)CCOC(=O)C1. The minimum absolute atomic E-state index is 0.0496. The summed E-state index contributed by atoms with van der Waals surface area (Å²) < 4.78 is 21.8. The van der Waals surface area contributed by atoms with Gasteiger partial charge in [0.25, 0.3) is 0 Å². The van der Waals surface area contributed by atoms with Crippen molar-refractivity contribution in [2.24, 2.45) is 0 Å². The second kappa shape index (κ2) is 3.77. The number of carbonyl (C=O) groups is 2. The Labute approximate surface area is 80.7 Å². The molecule has 0 aromatic carbocycles. The summed E-state index contributed by atoms with van der Waals surface area (Å²) in [5.74, 6) is -2.73. The van der Waals surface area contributed by atoms with Crippen molar-refractivity contribution in [2.45, 2.75) is 25.4 Å². The number of rotatable bonds is 2. The molecule has 78 valence electrons. The first-order valence-electron chi connectivity index (χ1n) is 4.16. The number of ether oxygens (including phenoxy) is 2. The summed E-state index contributed by atoms with van der Waals surface area (Å²) in [6.45, 7) is 4.56. The van der Waals surface area contributed by atoms with E-state index in [-0.39, 0.29) is 13.0 Å². The number of cyclic esters (lactones) is 1. The monoisotopic (exact) mass is 202 g/mol. The van der Waals surface area contributed by atoms with Gasteiger partial charge in [0.1, 0.15) is 5.60 Å². The van der Waals surface area contributed by atoms with E-state index < -0.39 is 23.4 Å². The van der Waals surface area contributed by atoms with Crippen molar-refractivity contribution in [3.63, 3.8) is 0 Å². The lowest BCUT2D eigenvalue weighted by Crippen LogP contribution is -2.40. The lowest BCUT2D eigenvalue weighted by atomic mass is 9.96. The average Bonchev–Trinajstić information content (AvgIpc) is 2.02. The summed E-state index contributed by atoms with van der Waals surface area (Å²) in [4.78, 5) is 21.8. The van der Waals surface area contributed by atoms with Gasteiger partial charge in [-0.05, 0) is 6.92 Å². The standard InChI is InChI=1S/C9H11FO4/c1-6(10)8(12)14-9(2)3-4-13-7(11)5-9/h1,3-5H2,2H3. The Morgan fingerprint density at radius 3 is 2.86 bits per heavy atom. The summed E-state index contributed by atoms with van der Waals surface area (Å²) in [7, 11) is 0. The Bertz CT molecular complexity index is 287. The van der Waals surface area contributed by atoms with Crippen LogP contribution in [-0.2, 0) is 19.1 Å². The van der Waals surface area contributed by atoms with Gasteiger partial charge in [-0.3, -0.25) is 4.79 Å². The van der Waals surface area contributed by atoms with Gasteiger partial charge in [-0.2, -0.15) is 4.39 Å². The van der Waals surface area contributed by atoms with E-state index in [0.717, 1.165) is 0 Å². The zero-order chi connectivity index (χ0) is 10.8. The van der Waals surface area contributed by atoms with Crippen LogP contribution in [0.25, 0.3) is 0 Å². The Morgan fingerprint density at radius 1 is 1.71 bits per heavy atom. The van der Waals surface area contributed by atoms with Crippen molar-refractivity contribution in [3.05, 3.63) is 12.4 Å². The molecule has 14 heavy (non-hydrogen) atoms. The first-order chi connectivity index (χ1) is 6.43. The quantitative estimate of drug-likeness (QED) is 0.497. The number of halogens is 1. The highest BCUT2D eigenvalue weighted by Gasteiger charge is 2.36. The summed E-state index contributed by atoms with van der Waals surface area (Å²) in [5, 5.41) is 0. The lowest BCUT2D eigenvalue weighted by Gasteiger charge is -2.31. The van der Waals surface area contributed by atoms with E-state index >= 15 is 0 Å². The van der Waals surface area contributed by atoms with Gasteiger partial charge in [-0.15, -0.1) is 0 Å². The highest BCUT2D eigenvalue weighted by atomic mass is 19.1. The van der Waals surface area contributed by atoms with Crippen molar-refractivity contribution in [3.8, 4) is 0 Å². The molecule has 1 fully saturated rings. The number of esters is 2. The molecule has 0 amide bonds. The number of carbonyl (C=O) groups excluding carboxylic acids is 2. The first-order valence-corrected chi connectivity index (χ1v) is 4.16. The van der Waals surface area contributed by atoms with Crippen molar-refractivity contribution in [1.82, 2.24) is 0 Å². The van der Waals surface area contributed by atoms with Crippen LogP contribution in [0, 0.1) is 0 Å². The van der Waals surface area contributed by atoms with Crippen molar-refractivity contribution in [2.75, 3.05) is 6.61 Å². The summed E-state index contributed by atoms with van der Waals surface area (Å²) >= 11 is 0. The molecule has 0 bridgehead atoms. The largest absolute Gasteiger partial charge is 0.465 e. The van der Waals surface area contributed by atoms with Gasteiger partial charge < -0.3 is 9.47 Å². The minimum atomic E-state index is -1.16. The van der Waals surface area contributed by atoms with Crippen LogP contribution in [0.4, 0.5) is 4.39 Å². The molecule has 4 nitrogen and oxygen atoms in total. The van der Waals surface area contributed by atoms with Gasteiger partial charge in [0.2, 0.25) is 5.83 Å². The van der Waals surface area contributed by atoms with Crippen LogP contribution < -0.4 is 0 Å². The van der Waals surface area contributed by atoms with E-state index in [0.29, 0.717) is 6.42 Å². The van der Waals surface area contributed by atoms with Crippen LogP contribution in [0.3, 0.4) is 0 Å². The summed E-state index contributed by atoms with van der Waals surface area (Å²) in [6, 6.07) is 0. The molecule has 1 unspecified atom stereocenters. The van der Waals surface area contributed by atoms with E-state index in [1.807, 2.05) is 0 Å². The average molecular weight is 202 g/mol. The Morgan fingerprint density at radius 2 is 2.36 bits per heavy atom. The smallest absolute Gasteiger partial charge is 0.367 e. The van der Waals surface area contributed by atoms with Crippen molar-refractivity contribution < 1.29 is 23.5 Å². The van der Waals surface area contributed by atoms with Crippen LogP contribution in [0.15, 0.2) is 12.4 Å². The molecule has 0 aliphatic carbocycles. The van der Waals surface area contributed by atoms with E-state index in [9.17, 15) is 14.0 Å². The van der Waals surface area contributed by atoms with Gasteiger partial charge in [0.05, 0.1) is 13.0 Å². The van der Waals surface area contributed by atoms with E-state index in [1.165, 1.54) is 0 Å². The fraction of sp³-hybridized carbons (Fsp3) is 0.556. The zero-order valence-electron chi connectivity index (χ0n) is 7.84. The molecule has 0 aromatic heterocycles. The second-order valence-corrected chi connectivity index (χ2v) is 3.39. The van der Waals surface area contributed by atoms with E-state index in [2.05, 4.69) is 11.3 Å². The molecule has 1 atom stereocenters. The molecule has 1 rings (SSSR count). The van der Waals surface area contributed by atoms with Crippen LogP contribution in [-0.4, -0.2) is 24.1 Å². The maximum atomic E-state index is 12.3. The highest BCUT2D eigenvalue weighted by Crippen LogP contribution is 2.26. The van der Waals surface area contributed by atoms with Gasteiger partial charge in [0.15, 0.2) is 0 Å². The Kier molecular flexibility index (Phi) is 2.88. The topological polar surface area (TPSA) is 52.6 Å². The lowest BCUT2D eigenvalue weighted by molar-refractivity contribution is -0.173. The van der Waals surface area contributed by atoms with E-state index in [4.69, 9.17) is 4.74 Å². The second-order valence-electron chi connectivity index (χ2n) is 3.39. The molecule has 5 heteroatoms. The predicted octanol–water partition coefficient (Wildman–Crippen LogP) is 1.11. The molecule has 0 spiro atoms. The molecule has 0 radical (unpaired) electrons. The number of hydrogen-bond acceptors (Lipinski definition) is 4. The first kappa shape index (κ1) is 10.7. The van der Waals surface area contributed by atoms with Crippen LogP contribution in [0.1, 0.15) is 19.8 Å². The molecule has 1 heterocycles. The van der Waals surface area contributed by atoms with Gasteiger partial charge in [-0.1, -0.05) is 6.58 Å². The molecule has 0 N–H and O–H groups in total. The van der Waals surface area contributed by atoms with Crippen LogP contribution in [0.5, 0.6) is 0 Å². The Hall–Kier alpha value is -1.39. The normalized spacial score (nSPS) is 26.6. The number of hydrogen-bond donors (Lipinski definition) is 0. The van der Waals surface area contributed by atoms with E-state index in [1.54, 1.807) is 6.92 Å². The van der Waals surface area contributed by atoms with Crippen LogP contribution in [0.2, 0.25) is 0 Å². The molecule has 0 aromatic rings. The highest BCUT2D eigenvalue weighted by molar-refractivity contribution is 5.86. The maximum absolute atomic E-state index is 12.3. The predicted molar refractivity (Wildman–Crippen MR) is 44.9 cm³/mol. The molecule has 0 saturated carbocycles. The van der Waals surface area contributed by atoms with Gasteiger partial charge in [0, 0.05) is 6.42 Å². The third-order valence-corrected chi connectivity index (χ3v) is 1.97. The third kappa shape index (κ3) is 2.55. The molecular weight excluding hydrogens is 191 g/mol. The molecule has 1 saturated heterocycles. The fourth-order valence-corrected chi connectivity index (χ4v) is 1.19. The minimum Gasteiger partial charge on any atom is -0.465 e. The summed E-state index contributed by atoms with van der Waals surface area (Å²) in [6.07, 6.45) is 0.323.